The van der Waals surface area contributed by atoms with Crippen LogP contribution in [-0.2, 0) is 19.6 Å². The molecule has 0 bridgehead atoms. The second kappa shape index (κ2) is 6.72. The molecule has 0 atom stereocenters. The van der Waals surface area contributed by atoms with E-state index in [0.29, 0.717) is 12.8 Å². The average molecular weight is 403 g/mol. The van der Waals surface area contributed by atoms with Gasteiger partial charge in [0.05, 0.1) is 16.8 Å². The molecule has 160 valence electrons. The molecule has 2 fully saturated rings. The molecule has 0 unspecified atom stereocenters. The van der Waals surface area contributed by atoms with E-state index < -0.39 is 41.2 Å². The quantitative estimate of drug-likeness (QED) is 0.758. The lowest BCUT2D eigenvalue weighted by molar-refractivity contribution is -0.176. The van der Waals surface area contributed by atoms with Crippen LogP contribution in [0.2, 0.25) is 0 Å². The standard InChI is InChI=1S/C22H34BNO5/c1-18(2,3)24-17(25)27-22(13-21(8,26)14-22)15-9-11-16(12-10-15)23-28-19(4,5)20(6,7)29-23/h9-12,26H,13-14H2,1-8H3,(H,24,25). The van der Waals surface area contributed by atoms with E-state index in [9.17, 15) is 9.90 Å². The Morgan fingerprint density at radius 1 is 1.03 bits per heavy atom. The Labute approximate surface area is 174 Å². The summed E-state index contributed by atoms with van der Waals surface area (Å²) in [6.07, 6.45) is 0.226. The summed E-state index contributed by atoms with van der Waals surface area (Å²) in [5.74, 6) is 0. The summed E-state index contributed by atoms with van der Waals surface area (Å²) >= 11 is 0. The van der Waals surface area contributed by atoms with Gasteiger partial charge in [0, 0.05) is 18.4 Å². The van der Waals surface area contributed by atoms with E-state index >= 15 is 0 Å². The molecule has 0 aromatic heterocycles. The molecule has 29 heavy (non-hydrogen) atoms. The third-order valence-electron chi connectivity index (χ3n) is 6.06. The third-order valence-corrected chi connectivity index (χ3v) is 6.06. The summed E-state index contributed by atoms with van der Waals surface area (Å²) in [4.78, 5) is 12.4. The highest BCUT2D eigenvalue weighted by atomic mass is 16.7. The zero-order chi connectivity index (χ0) is 21.9. The van der Waals surface area contributed by atoms with Crippen molar-refractivity contribution < 1.29 is 23.9 Å². The maximum absolute atomic E-state index is 12.4. The number of carbonyl (C=O) groups excluding carboxylic acids is 1. The van der Waals surface area contributed by atoms with Gasteiger partial charge >= 0.3 is 13.2 Å². The number of ether oxygens (including phenoxy) is 1. The first-order valence-corrected chi connectivity index (χ1v) is 10.2. The van der Waals surface area contributed by atoms with Gasteiger partial charge in [-0.15, -0.1) is 0 Å². The van der Waals surface area contributed by atoms with Gasteiger partial charge in [-0.25, -0.2) is 4.79 Å². The highest BCUT2D eigenvalue weighted by molar-refractivity contribution is 6.62. The van der Waals surface area contributed by atoms with Crippen molar-refractivity contribution in [3.63, 3.8) is 0 Å². The van der Waals surface area contributed by atoms with Crippen molar-refractivity contribution in [3.05, 3.63) is 29.8 Å². The van der Waals surface area contributed by atoms with Crippen LogP contribution in [0.5, 0.6) is 0 Å². The molecule has 1 saturated heterocycles. The lowest BCUT2D eigenvalue weighted by atomic mass is 9.64. The van der Waals surface area contributed by atoms with Gasteiger partial charge in [0.25, 0.3) is 0 Å². The molecule has 1 aliphatic heterocycles. The number of alkyl carbamates (subject to hydrolysis) is 1. The van der Waals surface area contributed by atoms with E-state index in [1.807, 2.05) is 72.7 Å². The molecule has 1 amide bonds. The first kappa shape index (κ1) is 22.1. The van der Waals surface area contributed by atoms with Crippen LogP contribution in [0.25, 0.3) is 0 Å². The number of carbonyl (C=O) groups is 1. The van der Waals surface area contributed by atoms with E-state index in [1.54, 1.807) is 6.92 Å². The van der Waals surface area contributed by atoms with Gasteiger partial charge in [-0.1, -0.05) is 24.3 Å². The average Bonchev–Trinajstić information content (AvgIpc) is 2.71. The fourth-order valence-electron chi connectivity index (χ4n) is 3.95. The lowest BCUT2D eigenvalue weighted by Crippen LogP contribution is -2.57. The van der Waals surface area contributed by atoms with Crippen molar-refractivity contribution in [2.24, 2.45) is 0 Å². The van der Waals surface area contributed by atoms with Crippen molar-refractivity contribution in [1.29, 1.82) is 0 Å². The number of benzene rings is 1. The molecule has 1 saturated carbocycles. The van der Waals surface area contributed by atoms with Gasteiger partial charge in [-0.3, -0.25) is 0 Å². The van der Waals surface area contributed by atoms with Crippen LogP contribution in [0.1, 0.15) is 73.8 Å². The summed E-state index contributed by atoms with van der Waals surface area (Å²) < 4.78 is 18.1. The van der Waals surface area contributed by atoms with Gasteiger partial charge < -0.3 is 24.5 Å². The number of nitrogens with one attached hydrogen (secondary N) is 1. The molecule has 3 rings (SSSR count). The minimum atomic E-state index is -0.855. The summed E-state index contributed by atoms with van der Waals surface area (Å²) in [5.41, 5.74) is -1.14. The maximum Gasteiger partial charge on any atom is 0.494 e. The topological polar surface area (TPSA) is 77.0 Å². The normalized spacial score (nSPS) is 30.6. The first-order chi connectivity index (χ1) is 13.0. The molecule has 1 aromatic rings. The minimum absolute atomic E-state index is 0.355. The molecule has 6 nitrogen and oxygen atoms in total. The smallest absolute Gasteiger partial charge is 0.438 e. The number of hydrogen-bond donors (Lipinski definition) is 2. The second-order valence-corrected chi connectivity index (χ2v) is 10.8. The van der Waals surface area contributed by atoms with Crippen LogP contribution in [0, 0.1) is 0 Å². The molecule has 1 heterocycles. The predicted octanol–water partition coefficient (Wildman–Crippen LogP) is 3.25. The first-order valence-electron chi connectivity index (χ1n) is 10.2. The Morgan fingerprint density at radius 2 is 1.52 bits per heavy atom. The van der Waals surface area contributed by atoms with Crippen LogP contribution >= 0.6 is 0 Å². The molecule has 2 aliphatic rings. The van der Waals surface area contributed by atoms with Gasteiger partial charge in [-0.2, -0.15) is 0 Å². The van der Waals surface area contributed by atoms with Crippen molar-refractivity contribution >= 4 is 18.7 Å². The van der Waals surface area contributed by atoms with Crippen LogP contribution in [0.15, 0.2) is 24.3 Å². The fraction of sp³-hybridized carbons (Fsp3) is 0.682. The molecule has 1 aliphatic carbocycles. The summed E-state index contributed by atoms with van der Waals surface area (Å²) in [5, 5.41) is 13.2. The number of amides is 1. The van der Waals surface area contributed by atoms with Crippen LogP contribution in [-0.4, -0.2) is 40.7 Å². The van der Waals surface area contributed by atoms with Crippen molar-refractivity contribution in [1.82, 2.24) is 5.32 Å². The zero-order valence-corrected chi connectivity index (χ0v) is 18.9. The largest absolute Gasteiger partial charge is 0.494 e. The van der Waals surface area contributed by atoms with Gasteiger partial charge in [-0.05, 0) is 66.4 Å². The van der Waals surface area contributed by atoms with Gasteiger partial charge in [0.2, 0.25) is 0 Å². The SMILES string of the molecule is CC1(O)CC(OC(=O)NC(C)(C)C)(c2ccc(B3OC(C)(C)C(C)(C)O3)cc2)C1. The van der Waals surface area contributed by atoms with E-state index in [2.05, 4.69) is 5.32 Å². The van der Waals surface area contributed by atoms with Crippen LogP contribution < -0.4 is 10.8 Å². The Morgan fingerprint density at radius 3 is 1.93 bits per heavy atom. The minimum Gasteiger partial charge on any atom is -0.438 e. The predicted molar refractivity (Wildman–Crippen MR) is 113 cm³/mol. The maximum atomic E-state index is 12.4. The summed E-state index contributed by atoms with van der Waals surface area (Å²) in [7, 11) is -0.445. The zero-order valence-electron chi connectivity index (χ0n) is 18.9. The van der Waals surface area contributed by atoms with Gasteiger partial charge in [0.1, 0.15) is 5.60 Å². The Kier molecular flexibility index (Phi) is 5.13. The Bertz CT molecular complexity index is 755. The highest BCUT2D eigenvalue weighted by Crippen LogP contribution is 2.51. The third kappa shape index (κ3) is 4.47. The lowest BCUT2D eigenvalue weighted by Gasteiger charge is -2.51. The number of rotatable bonds is 3. The van der Waals surface area contributed by atoms with E-state index in [0.717, 1.165) is 11.0 Å². The Hall–Kier alpha value is -1.57. The second-order valence-electron chi connectivity index (χ2n) is 10.8. The number of hydrogen-bond acceptors (Lipinski definition) is 5. The highest BCUT2D eigenvalue weighted by Gasteiger charge is 2.56. The van der Waals surface area contributed by atoms with E-state index in [1.165, 1.54) is 0 Å². The van der Waals surface area contributed by atoms with Crippen molar-refractivity contribution in [3.8, 4) is 0 Å². The van der Waals surface area contributed by atoms with Crippen molar-refractivity contribution in [2.75, 3.05) is 0 Å². The molecule has 1 aromatic carbocycles. The summed E-state index contributed by atoms with van der Waals surface area (Å²) in [6, 6.07) is 7.74. The van der Waals surface area contributed by atoms with Crippen LogP contribution in [0.3, 0.4) is 0 Å². The molecule has 0 spiro atoms. The number of aliphatic hydroxyl groups is 1. The molecular formula is C22H34BNO5. The fourth-order valence-corrected chi connectivity index (χ4v) is 3.95. The van der Waals surface area contributed by atoms with Crippen LogP contribution in [0.4, 0.5) is 4.79 Å². The monoisotopic (exact) mass is 403 g/mol. The molecule has 0 radical (unpaired) electrons. The summed E-state index contributed by atoms with van der Waals surface area (Å²) in [6.45, 7) is 15.5. The van der Waals surface area contributed by atoms with E-state index in [4.69, 9.17) is 14.0 Å². The molecule has 7 heteroatoms. The molecule has 2 N–H and O–H groups in total. The Balaban J connectivity index is 1.79. The van der Waals surface area contributed by atoms with Crippen molar-refractivity contribution in [2.45, 2.75) is 96.2 Å². The van der Waals surface area contributed by atoms with E-state index in [-0.39, 0.29) is 0 Å². The van der Waals surface area contributed by atoms with Gasteiger partial charge in [0.15, 0.2) is 0 Å². The molecular weight excluding hydrogens is 369 g/mol.